The summed E-state index contributed by atoms with van der Waals surface area (Å²) in [7, 11) is 0. The van der Waals surface area contributed by atoms with Gasteiger partial charge in [0.2, 0.25) is 0 Å². The second-order valence-corrected chi connectivity index (χ2v) is 5.75. The van der Waals surface area contributed by atoms with Crippen LogP contribution in [0, 0.1) is 12.8 Å². The first-order valence-corrected chi connectivity index (χ1v) is 7.79. The molecule has 19 heavy (non-hydrogen) atoms. The van der Waals surface area contributed by atoms with Crippen LogP contribution in [-0.2, 0) is 6.54 Å². The van der Waals surface area contributed by atoms with Gasteiger partial charge in [0, 0.05) is 25.3 Å². The predicted octanol–water partition coefficient (Wildman–Crippen LogP) is 3.73. The first-order valence-electron chi connectivity index (χ1n) is 7.79. The molecule has 0 bridgehead atoms. The van der Waals surface area contributed by atoms with Crippen LogP contribution in [0.3, 0.4) is 0 Å². The second kappa shape index (κ2) is 6.95. The van der Waals surface area contributed by atoms with Crippen molar-refractivity contribution in [1.82, 2.24) is 5.32 Å². The van der Waals surface area contributed by atoms with E-state index in [9.17, 15) is 0 Å². The van der Waals surface area contributed by atoms with Gasteiger partial charge in [0.05, 0.1) is 0 Å². The van der Waals surface area contributed by atoms with Gasteiger partial charge in [0.15, 0.2) is 0 Å². The van der Waals surface area contributed by atoms with Crippen LogP contribution in [0.5, 0.6) is 0 Å². The van der Waals surface area contributed by atoms with Gasteiger partial charge in [0.1, 0.15) is 0 Å². The third-order valence-corrected chi connectivity index (χ3v) is 4.33. The van der Waals surface area contributed by atoms with Crippen LogP contribution in [0.15, 0.2) is 18.2 Å². The van der Waals surface area contributed by atoms with Crippen molar-refractivity contribution in [3.8, 4) is 0 Å². The number of nitrogens with one attached hydrogen (secondary N) is 1. The maximum atomic E-state index is 3.46. The molecule has 2 nitrogen and oxygen atoms in total. The van der Waals surface area contributed by atoms with Crippen molar-refractivity contribution in [2.75, 3.05) is 24.5 Å². The SMILES string of the molecule is CCNCc1cc(C)ccc1N1CCC(CC)CC1. The van der Waals surface area contributed by atoms with E-state index in [1.165, 1.54) is 49.2 Å². The zero-order valence-corrected chi connectivity index (χ0v) is 12.7. The van der Waals surface area contributed by atoms with E-state index in [0.717, 1.165) is 19.0 Å². The highest BCUT2D eigenvalue weighted by Gasteiger charge is 2.19. The summed E-state index contributed by atoms with van der Waals surface area (Å²) in [6.45, 7) is 11.1. The van der Waals surface area contributed by atoms with Crippen molar-refractivity contribution >= 4 is 5.69 Å². The first kappa shape index (κ1) is 14.4. The lowest BCUT2D eigenvalue weighted by atomic mass is 9.93. The average Bonchev–Trinajstić information content (AvgIpc) is 2.45. The number of aryl methyl sites for hydroxylation is 1. The molecule has 106 valence electrons. The lowest BCUT2D eigenvalue weighted by molar-refractivity contribution is 0.394. The highest BCUT2D eigenvalue weighted by Crippen LogP contribution is 2.28. The van der Waals surface area contributed by atoms with E-state index in [2.05, 4.69) is 49.2 Å². The third-order valence-electron chi connectivity index (χ3n) is 4.33. The summed E-state index contributed by atoms with van der Waals surface area (Å²) in [4.78, 5) is 2.58. The quantitative estimate of drug-likeness (QED) is 0.868. The van der Waals surface area contributed by atoms with E-state index >= 15 is 0 Å². The molecule has 1 aliphatic rings. The van der Waals surface area contributed by atoms with Crippen molar-refractivity contribution in [3.05, 3.63) is 29.3 Å². The number of benzene rings is 1. The van der Waals surface area contributed by atoms with Crippen molar-refractivity contribution in [2.24, 2.45) is 5.92 Å². The molecule has 1 heterocycles. The average molecular weight is 260 g/mol. The number of nitrogens with zero attached hydrogens (tertiary/aromatic N) is 1. The smallest absolute Gasteiger partial charge is 0.0412 e. The van der Waals surface area contributed by atoms with Crippen molar-refractivity contribution < 1.29 is 0 Å². The molecule has 0 unspecified atom stereocenters. The van der Waals surface area contributed by atoms with E-state index in [-0.39, 0.29) is 0 Å². The fourth-order valence-electron chi connectivity index (χ4n) is 3.01. The van der Waals surface area contributed by atoms with Crippen LogP contribution in [-0.4, -0.2) is 19.6 Å². The molecule has 0 aromatic heterocycles. The standard InChI is InChI=1S/C17H28N2/c1-4-15-8-10-19(11-9-15)17-7-6-14(3)12-16(17)13-18-5-2/h6-7,12,15,18H,4-5,8-11,13H2,1-3H3. The molecule has 1 aliphatic heterocycles. The number of anilines is 1. The van der Waals surface area contributed by atoms with Gasteiger partial charge in [-0.15, -0.1) is 0 Å². The molecule has 2 rings (SSSR count). The molecule has 1 aromatic rings. The summed E-state index contributed by atoms with van der Waals surface area (Å²) >= 11 is 0. The zero-order chi connectivity index (χ0) is 13.7. The third kappa shape index (κ3) is 3.73. The molecular formula is C17H28N2. The highest BCUT2D eigenvalue weighted by molar-refractivity contribution is 5.55. The Hall–Kier alpha value is -1.02. The van der Waals surface area contributed by atoms with Gasteiger partial charge in [-0.3, -0.25) is 0 Å². The van der Waals surface area contributed by atoms with E-state index in [1.807, 2.05) is 0 Å². The number of piperidine rings is 1. The fraction of sp³-hybridized carbons (Fsp3) is 0.647. The van der Waals surface area contributed by atoms with E-state index in [0.29, 0.717) is 0 Å². The maximum Gasteiger partial charge on any atom is 0.0412 e. The molecule has 0 saturated carbocycles. The fourth-order valence-corrected chi connectivity index (χ4v) is 3.01. The Morgan fingerprint density at radius 3 is 2.58 bits per heavy atom. The Bertz CT molecular complexity index is 392. The number of rotatable bonds is 5. The molecule has 1 fully saturated rings. The van der Waals surface area contributed by atoms with Crippen LogP contribution in [0.4, 0.5) is 5.69 Å². The summed E-state index contributed by atoms with van der Waals surface area (Å²) < 4.78 is 0. The van der Waals surface area contributed by atoms with Crippen LogP contribution in [0.25, 0.3) is 0 Å². The second-order valence-electron chi connectivity index (χ2n) is 5.75. The molecule has 0 radical (unpaired) electrons. The van der Waals surface area contributed by atoms with E-state index in [1.54, 1.807) is 0 Å². The molecule has 0 spiro atoms. The largest absolute Gasteiger partial charge is 0.371 e. The monoisotopic (exact) mass is 260 g/mol. The Balaban J connectivity index is 2.10. The maximum absolute atomic E-state index is 3.46. The molecule has 0 atom stereocenters. The van der Waals surface area contributed by atoms with Gasteiger partial charge < -0.3 is 10.2 Å². The Morgan fingerprint density at radius 2 is 1.95 bits per heavy atom. The van der Waals surface area contributed by atoms with Crippen molar-refractivity contribution in [3.63, 3.8) is 0 Å². The number of hydrogen-bond donors (Lipinski definition) is 1. The van der Waals surface area contributed by atoms with Gasteiger partial charge in [-0.1, -0.05) is 38.0 Å². The van der Waals surface area contributed by atoms with Crippen molar-refractivity contribution in [2.45, 2.75) is 46.6 Å². The van der Waals surface area contributed by atoms with Gasteiger partial charge in [-0.05, 0) is 43.9 Å². The zero-order valence-electron chi connectivity index (χ0n) is 12.7. The van der Waals surface area contributed by atoms with Crippen molar-refractivity contribution in [1.29, 1.82) is 0 Å². The Kier molecular flexibility index (Phi) is 5.26. The minimum absolute atomic E-state index is 0.943. The lowest BCUT2D eigenvalue weighted by Gasteiger charge is -2.34. The van der Waals surface area contributed by atoms with Gasteiger partial charge in [-0.2, -0.15) is 0 Å². The summed E-state index contributed by atoms with van der Waals surface area (Å²) in [5, 5.41) is 3.46. The van der Waals surface area contributed by atoms with E-state index < -0.39 is 0 Å². The topological polar surface area (TPSA) is 15.3 Å². The summed E-state index contributed by atoms with van der Waals surface area (Å²) in [6.07, 6.45) is 4.04. The summed E-state index contributed by atoms with van der Waals surface area (Å²) in [5.41, 5.74) is 4.26. The molecule has 0 amide bonds. The van der Waals surface area contributed by atoms with Crippen LogP contribution >= 0.6 is 0 Å². The van der Waals surface area contributed by atoms with Crippen LogP contribution in [0.1, 0.15) is 44.2 Å². The minimum Gasteiger partial charge on any atom is -0.371 e. The van der Waals surface area contributed by atoms with Gasteiger partial charge in [0.25, 0.3) is 0 Å². The van der Waals surface area contributed by atoms with E-state index in [4.69, 9.17) is 0 Å². The normalized spacial score (nSPS) is 16.9. The summed E-state index contributed by atoms with van der Waals surface area (Å²) in [5.74, 6) is 0.943. The first-order chi connectivity index (χ1) is 9.24. The van der Waals surface area contributed by atoms with Gasteiger partial charge in [-0.25, -0.2) is 0 Å². The molecule has 2 heteroatoms. The van der Waals surface area contributed by atoms with Gasteiger partial charge >= 0.3 is 0 Å². The molecular weight excluding hydrogens is 232 g/mol. The molecule has 1 saturated heterocycles. The molecule has 0 aliphatic carbocycles. The Morgan fingerprint density at radius 1 is 1.21 bits per heavy atom. The highest BCUT2D eigenvalue weighted by atomic mass is 15.1. The number of hydrogen-bond acceptors (Lipinski definition) is 2. The minimum atomic E-state index is 0.943. The lowest BCUT2D eigenvalue weighted by Crippen LogP contribution is -2.34. The summed E-state index contributed by atoms with van der Waals surface area (Å²) in [6, 6.07) is 6.90. The predicted molar refractivity (Wildman–Crippen MR) is 83.8 cm³/mol. The van der Waals surface area contributed by atoms with Crippen LogP contribution in [0.2, 0.25) is 0 Å². The molecule has 1 aromatic carbocycles. The molecule has 1 N–H and O–H groups in total. The van der Waals surface area contributed by atoms with Crippen LogP contribution < -0.4 is 10.2 Å². The Labute approximate surface area is 118 Å².